The Morgan fingerprint density at radius 3 is 2.40 bits per heavy atom. The summed E-state index contributed by atoms with van der Waals surface area (Å²) >= 11 is 0. The zero-order chi connectivity index (χ0) is 11.3. The molecule has 1 rings (SSSR count). The first-order chi connectivity index (χ1) is 7.17. The molecule has 2 N–H and O–H groups in total. The smallest absolute Gasteiger partial charge is 0.164 e. The lowest BCUT2D eigenvalue weighted by molar-refractivity contribution is 0.292. The van der Waals surface area contributed by atoms with Gasteiger partial charge in [-0.05, 0) is 19.1 Å². The van der Waals surface area contributed by atoms with E-state index in [1.54, 1.807) is 26.4 Å². The van der Waals surface area contributed by atoms with E-state index in [4.69, 9.17) is 19.9 Å². The highest BCUT2D eigenvalue weighted by Crippen LogP contribution is 2.30. The molecular weight excluding hydrogens is 194 g/mol. The molecule has 0 saturated heterocycles. The fourth-order valence-corrected chi connectivity index (χ4v) is 1.13. The van der Waals surface area contributed by atoms with Gasteiger partial charge in [0.15, 0.2) is 11.5 Å². The van der Waals surface area contributed by atoms with Gasteiger partial charge in [0.2, 0.25) is 0 Å². The van der Waals surface area contributed by atoms with E-state index in [9.17, 15) is 0 Å². The number of hydrogen-bond donors (Lipinski definition) is 1. The Labute approximate surface area is 89.9 Å². The molecule has 1 aromatic rings. The van der Waals surface area contributed by atoms with Gasteiger partial charge in [-0.25, -0.2) is 0 Å². The molecule has 15 heavy (non-hydrogen) atoms. The number of methoxy groups -OCH3 is 2. The molecule has 0 spiro atoms. The summed E-state index contributed by atoms with van der Waals surface area (Å²) < 4.78 is 15.7. The number of rotatable bonds is 5. The molecule has 4 nitrogen and oxygen atoms in total. The maximum atomic E-state index is 5.59. The Kier molecular flexibility index (Phi) is 4.24. The van der Waals surface area contributed by atoms with Gasteiger partial charge in [-0.2, -0.15) is 0 Å². The van der Waals surface area contributed by atoms with Gasteiger partial charge in [0, 0.05) is 12.1 Å². The van der Waals surface area contributed by atoms with E-state index in [-0.39, 0.29) is 6.04 Å². The van der Waals surface area contributed by atoms with Crippen LogP contribution in [-0.4, -0.2) is 26.9 Å². The van der Waals surface area contributed by atoms with Crippen molar-refractivity contribution in [2.24, 2.45) is 5.73 Å². The maximum Gasteiger partial charge on any atom is 0.164 e. The molecule has 84 valence electrons. The molecule has 4 heteroatoms. The average molecular weight is 211 g/mol. The summed E-state index contributed by atoms with van der Waals surface area (Å²) in [7, 11) is 3.19. The van der Waals surface area contributed by atoms with Gasteiger partial charge in [-0.1, -0.05) is 0 Å². The van der Waals surface area contributed by atoms with E-state index in [1.807, 2.05) is 13.0 Å². The second-order valence-electron chi connectivity index (χ2n) is 3.31. The Balaban J connectivity index is 2.74. The molecule has 0 saturated carbocycles. The van der Waals surface area contributed by atoms with Crippen molar-refractivity contribution < 1.29 is 14.2 Å². The molecule has 0 amide bonds. The van der Waals surface area contributed by atoms with Crippen LogP contribution in [0, 0.1) is 0 Å². The number of nitrogens with two attached hydrogens (primary N) is 1. The molecule has 0 aliphatic heterocycles. The quantitative estimate of drug-likeness (QED) is 0.800. The SMILES string of the molecule is COc1ccc(OCC(C)N)cc1OC. The van der Waals surface area contributed by atoms with Crippen LogP contribution in [0.2, 0.25) is 0 Å². The summed E-state index contributed by atoms with van der Waals surface area (Å²) in [5.74, 6) is 2.07. The predicted octanol–water partition coefficient (Wildman–Crippen LogP) is 1.43. The first kappa shape index (κ1) is 11.7. The Hall–Kier alpha value is -1.42. The van der Waals surface area contributed by atoms with E-state index in [1.165, 1.54) is 0 Å². The second-order valence-corrected chi connectivity index (χ2v) is 3.31. The van der Waals surface area contributed by atoms with Gasteiger partial charge >= 0.3 is 0 Å². The summed E-state index contributed by atoms with van der Waals surface area (Å²) in [5.41, 5.74) is 5.59. The van der Waals surface area contributed by atoms with Crippen LogP contribution in [0.3, 0.4) is 0 Å². The van der Waals surface area contributed by atoms with Crippen LogP contribution < -0.4 is 19.9 Å². The van der Waals surface area contributed by atoms with Gasteiger partial charge in [0.05, 0.1) is 14.2 Å². The van der Waals surface area contributed by atoms with Crippen molar-refractivity contribution in [3.05, 3.63) is 18.2 Å². The normalized spacial score (nSPS) is 12.0. The molecular formula is C11H17NO3. The predicted molar refractivity (Wildman–Crippen MR) is 58.7 cm³/mol. The van der Waals surface area contributed by atoms with Crippen molar-refractivity contribution in [3.63, 3.8) is 0 Å². The molecule has 0 bridgehead atoms. The van der Waals surface area contributed by atoms with Crippen molar-refractivity contribution >= 4 is 0 Å². The highest BCUT2D eigenvalue weighted by Gasteiger charge is 2.05. The Morgan fingerprint density at radius 2 is 1.87 bits per heavy atom. The van der Waals surface area contributed by atoms with E-state index < -0.39 is 0 Å². The number of ether oxygens (including phenoxy) is 3. The van der Waals surface area contributed by atoms with Gasteiger partial charge in [-0.15, -0.1) is 0 Å². The van der Waals surface area contributed by atoms with Gasteiger partial charge < -0.3 is 19.9 Å². The monoisotopic (exact) mass is 211 g/mol. The topological polar surface area (TPSA) is 53.7 Å². The first-order valence-electron chi connectivity index (χ1n) is 4.77. The average Bonchev–Trinajstić information content (AvgIpc) is 2.25. The van der Waals surface area contributed by atoms with Crippen molar-refractivity contribution in [1.29, 1.82) is 0 Å². The molecule has 0 aliphatic rings. The molecule has 0 heterocycles. The zero-order valence-corrected chi connectivity index (χ0v) is 9.32. The van der Waals surface area contributed by atoms with E-state index in [0.717, 1.165) is 5.75 Å². The molecule has 0 aliphatic carbocycles. The standard InChI is InChI=1S/C11H17NO3/c1-8(12)7-15-9-4-5-10(13-2)11(6-9)14-3/h4-6,8H,7,12H2,1-3H3. The van der Waals surface area contributed by atoms with Crippen molar-refractivity contribution in [2.75, 3.05) is 20.8 Å². The van der Waals surface area contributed by atoms with Crippen LogP contribution >= 0.6 is 0 Å². The second kappa shape index (κ2) is 5.46. The maximum absolute atomic E-state index is 5.59. The summed E-state index contributed by atoms with van der Waals surface area (Å²) in [5, 5.41) is 0. The highest BCUT2D eigenvalue weighted by atomic mass is 16.5. The van der Waals surface area contributed by atoms with Gasteiger partial charge in [0.25, 0.3) is 0 Å². The van der Waals surface area contributed by atoms with Crippen molar-refractivity contribution in [2.45, 2.75) is 13.0 Å². The van der Waals surface area contributed by atoms with Crippen LogP contribution in [-0.2, 0) is 0 Å². The van der Waals surface area contributed by atoms with Crippen LogP contribution in [0.15, 0.2) is 18.2 Å². The van der Waals surface area contributed by atoms with Crippen LogP contribution in [0.5, 0.6) is 17.2 Å². The summed E-state index contributed by atoms with van der Waals surface area (Å²) in [6.07, 6.45) is 0. The third-order valence-electron chi connectivity index (χ3n) is 1.87. The summed E-state index contributed by atoms with van der Waals surface area (Å²) in [4.78, 5) is 0. The number of hydrogen-bond acceptors (Lipinski definition) is 4. The van der Waals surface area contributed by atoms with Crippen molar-refractivity contribution in [3.8, 4) is 17.2 Å². The summed E-state index contributed by atoms with van der Waals surface area (Å²) in [6, 6.07) is 5.42. The lowest BCUT2D eigenvalue weighted by Crippen LogP contribution is -2.23. The Bertz CT molecular complexity index is 313. The highest BCUT2D eigenvalue weighted by molar-refractivity contribution is 5.45. The van der Waals surface area contributed by atoms with Crippen LogP contribution in [0.4, 0.5) is 0 Å². The van der Waals surface area contributed by atoms with Crippen LogP contribution in [0.1, 0.15) is 6.92 Å². The van der Waals surface area contributed by atoms with E-state index >= 15 is 0 Å². The molecule has 0 radical (unpaired) electrons. The first-order valence-corrected chi connectivity index (χ1v) is 4.77. The molecule has 1 atom stereocenters. The third kappa shape index (κ3) is 3.32. The minimum atomic E-state index is 0.0121. The fraction of sp³-hybridized carbons (Fsp3) is 0.455. The minimum absolute atomic E-state index is 0.0121. The van der Waals surface area contributed by atoms with E-state index in [0.29, 0.717) is 18.1 Å². The fourth-order valence-electron chi connectivity index (χ4n) is 1.13. The minimum Gasteiger partial charge on any atom is -0.493 e. The molecule has 0 aromatic heterocycles. The lowest BCUT2D eigenvalue weighted by atomic mass is 10.3. The molecule has 0 fully saturated rings. The summed E-state index contributed by atoms with van der Waals surface area (Å²) in [6.45, 7) is 2.37. The number of benzene rings is 1. The molecule has 1 unspecified atom stereocenters. The largest absolute Gasteiger partial charge is 0.493 e. The van der Waals surface area contributed by atoms with E-state index in [2.05, 4.69) is 0 Å². The Morgan fingerprint density at radius 1 is 1.20 bits per heavy atom. The van der Waals surface area contributed by atoms with Crippen molar-refractivity contribution in [1.82, 2.24) is 0 Å². The van der Waals surface area contributed by atoms with Crippen LogP contribution in [0.25, 0.3) is 0 Å². The molecule has 1 aromatic carbocycles. The third-order valence-corrected chi connectivity index (χ3v) is 1.87. The van der Waals surface area contributed by atoms with Gasteiger partial charge in [-0.3, -0.25) is 0 Å². The van der Waals surface area contributed by atoms with Gasteiger partial charge in [0.1, 0.15) is 12.4 Å². The zero-order valence-electron chi connectivity index (χ0n) is 9.32. The lowest BCUT2D eigenvalue weighted by Gasteiger charge is -2.11.